The first-order valence-corrected chi connectivity index (χ1v) is 14.1. The van der Waals surface area contributed by atoms with Crippen molar-refractivity contribution in [1.82, 2.24) is 0 Å². The molecule has 0 aromatic rings. The highest BCUT2D eigenvalue weighted by Crippen LogP contribution is 2.76. The predicted molar refractivity (Wildman–Crippen MR) is 119 cm³/mol. The molecule has 386 valence electrons. The zero-order valence-corrected chi connectivity index (χ0v) is 28.3. The fourth-order valence-corrected chi connectivity index (χ4v) is 4.45. The summed E-state index contributed by atoms with van der Waals surface area (Å²) in [7, 11) is 0. The van der Waals surface area contributed by atoms with E-state index in [1.165, 1.54) is 0 Å². The van der Waals surface area contributed by atoms with Gasteiger partial charge in [-0.15, -0.1) is 0 Å². The maximum Gasteiger partial charge on any atom is 0.473 e. The van der Waals surface area contributed by atoms with Crippen molar-refractivity contribution in [2.45, 2.75) is 125 Å². The van der Waals surface area contributed by atoms with E-state index in [2.05, 4.69) is 11.3 Å². The highest BCUT2D eigenvalue weighted by Gasteiger charge is 3.08. The molecule has 0 radical (unpaired) electrons. The summed E-state index contributed by atoms with van der Waals surface area (Å²) in [5.74, 6) is -191. The lowest BCUT2D eigenvalue weighted by atomic mass is 9.69. The lowest BCUT2D eigenvalue weighted by Crippen LogP contribution is -2.88. The van der Waals surface area contributed by atoms with Crippen LogP contribution in [0.15, 0.2) is 12.2 Å². The van der Waals surface area contributed by atoms with Gasteiger partial charge in [-0.05, 0) is 6.92 Å². The van der Waals surface area contributed by atoms with E-state index in [-0.39, 0.29) is 6.92 Å². The van der Waals surface area contributed by atoms with Crippen LogP contribution in [0.25, 0.3) is 0 Å². The summed E-state index contributed by atoms with van der Waals surface area (Å²) in [6.07, 6.45) is -7.99. The van der Waals surface area contributed by atoms with Gasteiger partial charge in [0.1, 0.15) is 0 Å². The SMILES string of the molecule is C=C(C)C(=O)OC(F)(F)C(F)(F)C(F)(F)C(F)(F)C(F)(F)C(F)(F)C(F)(F)C(F)(F)C(F)(F)C(F)(F)C1(F)C(F)(F)C(F)(F)C(F)(F)C(F)(F)C(F)(F)C(F)(F)C(F)(F)C(F)(F)C1(F)F. The molecule has 1 rings (SSSR count). The molecule has 1 saturated carbocycles. The van der Waals surface area contributed by atoms with Gasteiger partial charge in [-0.3, -0.25) is 0 Å². The molecule has 0 aliphatic heterocycles. The van der Waals surface area contributed by atoms with Crippen LogP contribution in [0.4, 0.5) is 171 Å². The number of hydrogen-bond acceptors (Lipinski definition) is 2. The number of ether oxygens (including phenoxy) is 1. The Kier molecular flexibility index (Phi) is 12.8. The van der Waals surface area contributed by atoms with Crippen LogP contribution in [0.2, 0.25) is 0 Å². The first kappa shape index (κ1) is 59.5. The first-order chi connectivity index (χ1) is 27.3. The molecule has 0 unspecified atom stereocenters. The minimum absolute atomic E-state index is 0.00614. The predicted octanol–water partition coefficient (Wildman–Crippen LogP) is 12.9. The van der Waals surface area contributed by atoms with Gasteiger partial charge in [0.25, 0.3) is 0 Å². The Morgan fingerprint density at radius 2 is 0.492 bits per heavy atom. The monoisotopic (exact) mass is 1070 g/mol. The second-order valence-electron chi connectivity index (χ2n) is 12.7. The Labute approximate surface area is 325 Å². The van der Waals surface area contributed by atoms with Crippen molar-refractivity contribution in [1.29, 1.82) is 0 Å². The van der Waals surface area contributed by atoms with Crippen LogP contribution in [0, 0.1) is 0 Å². The van der Waals surface area contributed by atoms with Crippen molar-refractivity contribution in [2.24, 2.45) is 0 Å². The smallest absolute Gasteiger partial charge is 0.393 e. The zero-order chi connectivity index (χ0) is 53.9. The molecule has 1 fully saturated rings. The molecule has 65 heavy (non-hydrogen) atoms. The van der Waals surface area contributed by atoms with Crippen LogP contribution in [-0.4, -0.2) is 124 Å². The van der Waals surface area contributed by atoms with Crippen molar-refractivity contribution in [3.8, 4) is 0 Å². The zero-order valence-electron chi connectivity index (χ0n) is 28.3. The van der Waals surface area contributed by atoms with E-state index < -0.39 is 130 Å². The Morgan fingerprint density at radius 3 is 0.692 bits per heavy atom. The quantitative estimate of drug-likeness (QED) is 0.111. The molecule has 1 aliphatic carbocycles. The van der Waals surface area contributed by atoms with E-state index in [0.29, 0.717) is 0 Å². The number of esters is 1. The molecule has 0 aromatic carbocycles. The van der Waals surface area contributed by atoms with E-state index in [1.54, 1.807) is 0 Å². The average molecular weight is 1070 g/mol. The van der Waals surface area contributed by atoms with Crippen LogP contribution in [0.5, 0.6) is 0 Å². The number of carbonyl (C=O) groups excluding carboxylic acids is 1. The lowest BCUT2D eigenvalue weighted by molar-refractivity contribution is -0.522. The molecule has 0 spiro atoms. The maximum atomic E-state index is 15.3. The van der Waals surface area contributed by atoms with Crippen LogP contribution in [0.3, 0.4) is 0 Å². The summed E-state index contributed by atoms with van der Waals surface area (Å²) in [6.45, 7) is 2.20. The Bertz CT molecular complexity index is 1810. The molecular weight excluding hydrogens is 1060 g/mol. The normalized spacial score (nSPS) is 24.7. The average Bonchev–Trinajstić information content (AvgIpc) is 3.08. The highest BCUT2D eigenvalue weighted by molar-refractivity contribution is 5.87. The van der Waals surface area contributed by atoms with Gasteiger partial charge in [0.15, 0.2) is 0 Å². The minimum atomic E-state index is -11.5. The summed E-state index contributed by atoms with van der Waals surface area (Å²) in [5.41, 5.74) is -13.3. The number of halogens is 39. The topological polar surface area (TPSA) is 26.3 Å². The second kappa shape index (κ2) is 14.0. The van der Waals surface area contributed by atoms with Gasteiger partial charge in [0.2, 0.25) is 0 Å². The van der Waals surface area contributed by atoms with Crippen molar-refractivity contribution < 1.29 is 181 Å². The molecule has 0 aromatic heterocycles. The molecule has 0 atom stereocenters. The van der Waals surface area contributed by atoms with Crippen molar-refractivity contribution in [3.63, 3.8) is 0 Å². The second-order valence-corrected chi connectivity index (χ2v) is 12.7. The third-order valence-electron chi connectivity index (χ3n) is 8.54. The van der Waals surface area contributed by atoms with Crippen LogP contribution < -0.4 is 0 Å². The van der Waals surface area contributed by atoms with Gasteiger partial charge in [-0.2, -0.15) is 167 Å². The maximum absolute atomic E-state index is 15.3. The standard InChI is InChI=1S/C24H5F39O2/c1-3(2)4(64)65-24(62,63)23(60,61)22(58,59)21(56,57)20(54,55)19(52,53)17(48,49)14(42,43)11(36,37)8(30,31)5(25)6(26,27)9(32,33)12(38,39)15(44,45)18(50,51)16(46,47)13(40,41)10(34,35)7(5,28)29/h1H2,2H3. The molecule has 0 bridgehead atoms. The van der Waals surface area contributed by atoms with E-state index in [0.717, 1.165) is 0 Å². The Hall–Kier alpha value is -3.52. The molecule has 2 nitrogen and oxygen atoms in total. The van der Waals surface area contributed by atoms with E-state index >= 15 is 4.39 Å². The van der Waals surface area contributed by atoms with Gasteiger partial charge in [0, 0.05) is 5.57 Å². The third-order valence-corrected chi connectivity index (χ3v) is 8.54. The van der Waals surface area contributed by atoms with Crippen molar-refractivity contribution in [2.75, 3.05) is 0 Å². The number of hydrogen-bond donors (Lipinski definition) is 0. The fourth-order valence-electron chi connectivity index (χ4n) is 4.45. The van der Waals surface area contributed by atoms with Crippen LogP contribution >= 0.6 is 0 Å². The molecule has 0 saturated heterocycles. The molecular formula is C24H5F39O2. The van der Waals surface area contributed by atoms with Gasteiger partial charge in [-0.25, -0.2) is 9.18 Å². The third kappa shape index (κ3) is 6.01. The van der Waals surface area contributed by atoms with Crippen LogP contribution in [-0.2, 0) is 9.53 Å². The molecule has 41 heteroatoms. The van der Waals surface area contributed by atoms with Crippen molar-refractivity contribution >= 4 is 5.97 Å². The van der Waals surface area contributed by atoms with Gasteiger partial charge >= 0.3 is 124 Å². The largest absolute Gasteiger partial charge is 0.473 e. The molecule has 0 heterocycles. The molecule has 0 N–H and O–H groups in total. The Balaban J connectivity index is 4.65. The highest BCUT2D eigenvalue weighted by atomic mass is 19.4. The van der Waals surface area contributed by atoms with Gasteiger partial charge in [-0.1, -0.05) is 6.58 Å². The van der Waals surface area contributed by atoms with Crippen molar-refractivity contribution in [3.05, 3.63) is 12.2 Å². The number of alkyl halides is 39. The van der Waals surface area contributed by atoms with Gasteiger partial charge in [0.05, 0.1) is 0 Å². The number of rotatable bonds is 12. The van der Waals surface area contributed by atoms with E-state index in [9.17, 15) is 172 Å². The minimum Gasteiger partial charge on any atom is -0.393 e. The number of carbonyl (C=O) groups is 1. The summed E-state index contributed by atoms with van der Waals surface area (Å²) >= 11 is 0. The summed E-state index contributed by atoms with van der Waals surface area (Å²) in [6, 6.07) is 0. The Morgan fingerprint density at radius 1 is 0.323 bits per heavy atom. The van der Waals surface area contributed by atoms with Crippen LogP contribution in [0.1, 0.15) is 6.92 Å². The first-order valence-electron chi connectivity index (χ1n) is 14.1. The summed E-state index contributed by atoms with van der Waals surface area (Å²) in [4.78, 5) is 10.9. The van der Waals surface area contributed by atoms with E-state index in [4.69, 9.17) is 0 Å². The molecule has 1 aliphatic rings. The van der Waals surface area contributed by atoms with Gasteiger partial charge < -0.3 is 4.74 Å². The van der Waals surface area contributed by atoms with E-state index in [1.807, 2.05) is 0 Å². The summed E-state index contributed by atoms with van der Waals surface area (Å²) < 4.78 is 555. The lowest BCUT2D eigenvalue weighted by Gasteiger charge is -2.54. The fraction of sp³-hybridized carbons (Fsp3) is 0.875. The molecule has 0 amide bonds. The summed E-state index contributed by atoms with van der Waals surface area (Å²) in [5, 5.41) is 0.